The van der Waals surface area contributed by atoms with Gasteiger partial charge < -0.3 is 10.6 Å². The van der Waals surface area contributed by atoms with Crippen molar-refractivity contribution in [2.45, 2.75) is 70.3 Å². The lowest BCUT2D eigenvalue weighted by Gasteiger charge is -2.22. The summed E-state index contributed by atoms with van der Waals surface area (Å²) in [6.45, 7) is 0.230. The average Bonchev–Trinajstić information content (AvgIpc) is 3.11. The molecule has 7 nitrogen and oxygen atoms in total. The number of rotatable bonds is 5. The second-order valence-corrected chi connectivity index (χ2v) is 8.39. The number of hydrogen-bond donors (Lipinski definition) is 4. The molecule has 0 bridgehead atoms. The maximum atomic E-state index is 12.2. The first-order chi connectivity index (χ1) is 13.1. The van der Waals surface area contributed by atoms with Crippen LogP contribution in [0.1, 0.15) is 71.5 Å². The minimum absolute atomic E-state index is 0.110. The molecule has 0 spiro atoms. The number of hydrazine groups is 1. The Morgan fingerprint density at radius 3 is 2.56 bits per heavy atom. The van der Waals surface area contributed by atoms with E-state index in [1.165, 1.54) is 41.0 Å². The van der Waals surface area contributed by atoms with Crippen molar-refractivity contribution in [1.82, 2.24) is 21.5 Å². The van der Waals surface area contributed by atoms with Gasteiger partial charge in [-0.2, -0.15) is 0 Å². The van der Waals surface area contributed by atoms with Crippen molar-refractivity contribution in [3.8, 4) is 0 Å². The van der Waals surface area contributed by atoms with E-state index < -0.39 is 0 Å². The van der Waals surface area contributed by atoms with E-state index in [-0.39, 0.29) is 36.9 Å². The molecule has 8 heteroatoms. The van der Waals surface area contributed by atoms with E-state index in [9.17, 15) is 14.4 Å². The van der Waals surface area contributed by atoms with Gasteiger partial charge >= 0.3 is 6.03 Å². The van der Waals surface area contributed by atoms with E-state index in [1.807, 2.05) is 6.07 Å². The highest BCUT2D eigenvalue weighted by Gasteiger charge is 2.18. The summed E-state index contributed by atoms with van der Waals surface area (Å²) in [5, 5.41) is 5.63. The zero-order valence-corrected chi connectivity index (χ0v) is 16.4. The van der Waals surface area contributed by atoms with Crippen LogP contribution in [0.2, 0.25) is 0 Å². The molecule has 4 amide bonds. The van der Waals surface area contributed by atoms with E-state index in [0.717, 1.165) is 38.5 Å². The minimum atomic E-state index is -0.331. The molecule has 1 fully saturated rings. The van der Waals surface area contributed by atoms with Crippen molar-refractivity contribution in [3.63, 3.8) is 0 Å². The second-order valence-electron chi connectivity index (χ2n) is 7.25. The third-order valence-electron chi connectivity index (χ3n) is 5.11. The molecule has 4 N–H and O–H groups in total. The Balaban J connectivity index is 1.31. The molecule has 0 saturated heterocycles. The Bertz CT molecular complexity index is 659. The van der Waals surface area contributed by atoms with Gasteiger partial charge in [0.1, 0.15) is 0 Å². The standard InChI is InChI=1S/C19H28N4O3S/c24-17(10-11-20-19(26)21-14-7-2-1-3-8-14)22-23-18(25)16-12-13-6-4-5-9-15(13)27-16/h12,14H,1-11H2,(H,22,24)(H,23,25)(H2,20,21,26). The fourth-order valence-electron chi connectivity index (χ4n) is 3.63. The highest BCUT2D eigenvalue weighted by Crippen LogP contribution is 2.29. The highest BCUT2D eigenvalue weighted by atomic mass is 32.1. The van der Waals surface area contributed by atoms with Crippen LogP contribution in [-0.2, 0) is 17.6 Å². The van der Waals surface area contributed by atoms with Gasteiger partial charge in [0.25, 0.3) is 5.91 Å². The lowest BCUT2D eigenvalue weighted by Crippen LogP contribution is -2.45. The van der Waals surface area contributed by atoms with Crippen molar-refractivity contribution in [2.75, 3.05) is 6.54 Å². The average molecular weight is 393 g/mol. The number of nitrogens with one attached hydrogen (secondary N) is 4. The minimum Gasteiger partial charge on any atom is -0.338 e. The number of carbonyl (C=O) groups is 3. The molecule has 27 heavy (non-hydrogen) atoms. The number of amides is 4. The van der Waals surface area contributed by atoms with Crippen LogP contribution < -0.4 is 21.5 Å². The van der Waals surface area contributed by atoms with Gasteiger partial charge in [-0.3, -0.25) is 20.4 Å². The van der Waals surface area contributed by atoms with E-state index in [4.69, 9.17) is 0 Å². The van der Waals surface area contributed by atoms with Crippen LogP contribution in [0.4, 0.5) is 4.79 Å². The molecular weight excluding hydrogens is 364 g/mol. The largest absolute Gasteiger partial charge is 0.338 e. The van der Waals surface area contributed by atoms with Crippen molar-refractivity contribution in [2.24, 2.45) is 0 Å². The number of urea groups is 1. The molecule has 1 aromatic rings. The Kier molecular flexibility index (Phi) is 7.09. The molecule has 2 aliphatic rings. The summed E-state index contributed by atoms with van der Waals surface area (Å²) in [7, 11) is 0. The van der Waals surface area contributed by atoms with Crippen molar-refractivity contribution >= 4 is 29.2 Å². The topological polar surface area (TPSA) is 99.3 Å². The molecule has 1 heterocycles. The second kappa shape index (κ2) is 9.73. The van der Waals surface area contributed by atoms with Crippen LogP contribution in [0, 0.1) is 0 Å². The Labute approximate surface area is 163 Å². The third kappa shape index (κ3) is 5.95. The van der Waals surface area contributed by atoms with Crippen LogP contribution >= 0.6 is 11.3 Å². The van der Waals surface area contributed by atoms with Crippen LogP contribution in [0.15, 0.2) is 6.07 Å². The Hall–Kier alpha value is -2.09. The summed E-state index contributed by atoms with van der Waals surface area (Å²) in [4.78, 5) is 37.8. The summed E-state index contributed by atoms with van der Waals surface area (Å²) in [5.74, 6) is -0.617. The van der Waals surface area contributed by atoms with Crippen molar-refractivity contribution in [3.05, 3.63) is 21.4 Å². The molecule has 2 aliphatic carbocycles. The van der Waals surface area contributed by atoms with E-state index >= 15 is 0 Å². The van der Waals surface area contributed by atoms with E-state index in [1.54, 1.807) is 0 Å². The number of aryl methyl sites for hydroxylation is 2. The van der Waals surface area contributed by atoms with Gasteiger partial charge in [-0.15, -0.1) is 11.3 Å². The molecule has 0 aromatic carbocycles. The fourth-order valence-corrected chi connectivity index (χ4v) is 4.77. The fraction of sp³-hybridized carbons (Fsp3) is 0.632. The molecule has 0 aliphatic heterocycles. The van der Waals surface area contributed by atoms with Crippen LogP contribution in [0.3, 0.4) is 0 Å². The third-order valence-corrected chi connectivity index (χ3v) is 6.35. The monoisotopic (exact) mass is 392 g/mol. The molecule has 3 rings (SSSR count). The van der Waals surface area contributed by atoms with Crippen molar-refractivity contribution in [1.29, 1.82) is 0 Å². The Morgan fingerprint density at radius 1 is 1.00 bits per heavy atom. The first-order valence-corrected chi connectivity index (χ1v) is 10.7. The predicted octanol–water partition coefficient (Wildman–Crippen LogP) is 2.41. The Morgan fingerprint density at radius 2 is 1.78 bits per heavy atom. The molecule has 1 aromatic heterocycles. The van der Waals surface area contributed by atoms with Gasteiger partial charge in [-0.05, 0) is 50.2 Å². The summed E-state index contributed by atoms with van der Waals surface area (Å²) in [6, 6.07) is 1.93. The molecule has 148 valence electrons. The SMILES string of the molecule is O=C(CCNC(=O)NC1CCCCC1)NNC(=O)c1cc2c(s1)CCCC2. The van der Waals surface area contributed by atoms with E-state index in [2.05, 4.69) is 21.5 Å². The number of thiophene rings is 1. The quantitative estimate of drug-likeness (QED) is 0.579. The summed E-state index contributed by atoms with van der Waals surface area (Å²) in [5.41, 5.74) is 6.13. The normalized spacial score (nSPS) is 16.9. The van der Waals surface area contributed by atoms with Gasteiger partial charge in [0.15, 0.2) is 0 Å². The van der Waals surface area contributed by atoms with Gasteiger partial charge in [-0.25, -0.2) is 4.79 Å². The predicted molar refractivity (Wildman–Crippen MR) is 105 cm³/mol. The van der Waals surface area contributed by atoms with Gasteiger partial charge in [0.2, 0.25) is 5.91 Å². The highest BCUT2D eigenvalue weighted by molar-refractivity contribution is 7.14. The number of carbonyl (C=O) groups excluding carboxylic acids is 3. The van der Waals surface area contributed by atoms with Gasteiger partial charge in [0, 0.05) is 23.9 Å². The van der Waals surface area contributed by atoms with Crippen LogP contribution in [0.5, 0.6) is 0 Å². The molecule has 0 unspecified atom stereocenters. The first kappa shape index (κ1) is 19.7. The van der Waals surface area contributed by atoms with Crippen molar-refractivity contribution < 1.29 is 14.4 Å². The smallest absolute Gasteiger partial charge is 0.315 e. The summed E-state index contributed by atoms with van der Waals surface area (Å²) < 4.78 is 0. The zero-order valence-electron chi connectivity index (χ0n) is 15.6. The summed E-state index contributed by atoms with van der Waals surface area (Å²) in [6.07, 6.45) is 10.1. The maximum absolute atomic E-state index is 12.2. The zero-order chi connectivity index (χ0) is 19.1. The lowest BCUT2D eigenvalue weighted by molar-refractivity contribution is -0.121. The van der Waals surface area contributed by atoms with E-state index in [0.29, 0.717) is 4.88 Å². The lowest BCUT2D eigenvalue weighted by atomic mass is 9.96. The van der Waals surface area contributed by atoms with Gasteiger partial charge in [0.05, 0.1) is 4.88 Å². The van der Waals surface area contributed by atoms with Crippen LogP contribution in [-0.4, -0.2) is 30.4 Å². The number of hydrogen-bond acceptors (Lipinski definition) is 4. The molecule has 0 radical (unpaired) electrons. The molecule has 1 saturated carbocycles. The maximum Gasteiger partial charge on any atom is 0.315 e. The van der Waals surface area contributed by atoms with Gasteiger partial charge in [-0.1, -0.05) is 19.3 Å². The number of fused-ring (bicyclic) bond motifs is 1. The summed E-state index contributed by atoms with van der Waals surface area (Å²) >= 11 is 1.50. The molecule has 0 atom stereocenters. The van der Waals surface area contributed by atoms with Crippen LogP contribution in [0.25, 0.3) is 0 Å². The molecular formula is C19H28N4O3S. The first-order valence-electron chi connectivity index (χ1n) is 9.87.